The van der Waals surface area contributed by atoms with Crippen LogP contribution in [0.1, 0.15) is 15.2 Å². The molecule has 0 aliphatic heterocycles. The molecule has 0 saturated carbocycles. The molecular weight excluding hydrogens is 411 g/mol. The minimum absolute atomic E-state index is 0.293. The summed E-state index contributed by atoms with van der Waals surface area (Å²) in [7, 11) is 1.57. The van der Waals surface area contributed by atoms with Gasteiger partial charge in [0, 0.05) is 10.4 Å². The van der Waals surface area contributed by atoms with Gasteiger partial charge in [0.2, 0.25) is 0 Å². The predicted molar refractivity (Wildman–Crippen MR) is 90.1 cm³/mol. The third-order valence-corrected chi connectivity index (χ3v) is 4.42. The summed E-state index contributed by atoms with van der Waals surface area (Å²) >= 11 is 9.33. The number of hydrogen-bond donors (Lipinski definition) is 1. The summed E-state index contributed by atoms with van der Waals surface area (Å²) in [6.07, 6.45) is 1.55. The van der Waals surface area contributed by atoms with E-state index in [0.29, 0.717) is 15.6 Å². The van der Waals surface area contributed by atoms with Gasteiger partial charge < -0.3 is 4.74 Å². The molecule has 4 nitrogen and oxygen atoms in total. The quantitative estimate of drug-likeness (QED) is 0.465. The van der Waals surface area contributed by atoms with Crippen molar-refractivity contribution >= 4 is 57.7 Å². The molecule has 1 heterocycles. The zero-order valence-corrected chi connectivity index (χ0v) is 14.1. The molecule has 0 fully saturated rings. The third kappa shape index (κ3) is 3.94. The van der Waals surface area contributed by atoms with Crippen molar-refractivity contribution in [2.75, 3.05) is 7.11 Å². The molecular formula is C13H10ClIN2O2S. The van der Waals surface area contributed by atoms with E-state index in [1.807, 2.05) is 12.1 Å². The van der Waals surface area contributed by atoms with Crippen LogP contribution in [0, 0.1) is 3.57 Å². The lowest BCUT2D eigenvalue weighted by atomic mass is 10.2. The first-order chi connectivity index (χ1) is 9.60. The average Bonchev–Trinajstić information content (AvgIpc) is 2.85. The van der Waals surface area contributed by atoms with Gasteiger partial charge in [0.25, 0.3) is 5.91 Å². The summed E-state index contributed by atoms with van der Waals surface area (Å²) in [6.45, 7) is 0. The van der Waals surface area contributed by atoms with Gasteiger partial charge in [-0.2, -0.15) is 5.10 Å². The lowest BCUT2D eigenvalue weighted by molar-refractivity contribution is 0.0955. The summed E-state index contributed by atoms with van der Waals surface area (Å²) in [6, 6.07) is 8.82. The molecule has 0 bridgehead atoms. The molecule has 0 aliphatic rings. The number of rotatable bonds is 4. The first-order valence-electron chi connectivity index (χ1n) is 5.52. The molecule has 2 rings (SSSR count). The van der Waals surface area contributed by atoms with Crippen LogP contribution in [0.5, 0.6) is 5.75 Å². The third-order valence-electron chi connectivity index (χ3n) is 2.37. The molecule has 1 amide bonds. The Kier molecular flexibility index (Phi) is 5.38. The van der Waals surface area contributed by atoms with Crippen LogP contribution in [0.2, 0.25) is 4.34 Å². The van der Waals surface area contributed by atoms with E-state index < -0.39 is 0 Å². The van der Waals surface area contributed by atoms with Crippen LogP contribution in [0.25, 0.3) is 0 Å². The number of carbonyl (C=O) groups is 1. The van der Waals surface area contributed by atoms with Crippen molar-refractivity contribution in [3.05, 3.63) is 48.7 Å². The number of halogens is 2. The van der Waals surface area contributed by atoms with Gasteiger partial charge in [-0.3, -0.25) is 4.79 Å². The molecule has 104 valence electrons. The smallest absolute Gasteiger partial charge is 0.271 e. The molecule has 7 heteroatoms. The van der Waals surface area contributed by atoms with Crippen LogP contribution in [0.15, 0.2) is 35.4 Å². The number of benzene rings is 1. The Hall–Kier alpha value is -1.12. The van der Waals surface area contributed by atoms with E-state index >= 15 is 0 Å². The highest BCUT2D eigenvalue weighted by Gasteiger charge is 2.08. The Morgan fingerprint density at radius 3 is 2.90 bits per heavy atom. The lowest BCUT2D eigenvalue weighted by Gasteiger charge is -2.05. The number of thiophene rings is 1. The standard InChI is InChI=1S/C13H10ClIN2O2S/c1-19-11-6-8(2-4-10(11)15)13(18)17-16-7-9-3-5-12(14)20-9/h2-7H,1H3,(H,17,18)/b16-7+. The lowest BCUT2D eigenvalue weighted by Crippen LogP contribution is -2.17. The summed E-state index contributed by atoms with van der Waals surface area (Å²) < 4.78 is 6.80. The van der Waals surface area contributed by atoms with Crippen LogP contribution < -0.4 is 10.2 Å². The van der Waals surface area contributed by atoms with Gasteiger partial charge in [0.1, 0.15) is 5.75 Å². The minimum atomic E-state index is -0.293. The first kappa shape index (κ1) is 15.3. The van der Waals surface area contributed by atoms with Gasteiger partial charge in [-0.15, -0.1) is 11.3 Å². The molecule has 20 heavy (non-hydrogen) atoms. The molecule has 1 aromatic carbocycles. The number of carbonyl (C=O) groups excluding carboxylic acids is 1. The first-order valence-corrected chi connectivity index (χ1v) is 7.80. The molecule has 1 aromatic heterocycles. The van der Waals surface area contributed by atoms with Crippen LogP contribution >= 0.6 is 45.5 Å². The number of ether oxygens (including phenoxy) is 1. The van der Waals surface area contributed by atoms with Crippen molar-refractivity contribution in [2.45, 2.75) is 0 Å². The second-order valence-corrected chi connectivity index (χ2v) is 6.60. The van der Waals surface area contributed by atoms with Gasteiger partial charge in [-0.25, -0.2) is 5.43 Å². The second kappa shape index (κ2) is 7.05. The number of methoxy groups -OCH3 is 1. The van der Waals surface area contributed by atoms with E-state index in [0.717, 1.165) is 8.45 Å². The SMILES string of the molecule is COc1cc(C(=O)N/N=C/c2ccc(Cl)s2)ccc1I. The van der Waals surface area contributed by atoms with E-state index in [2.05, 4.69) is 33.1 Å². The Labute approximate surface area is 138 Å². The average molecular weight is 421 g/mol. The van der Waals surface area contributed by atoms with E-state index in [-0.39, 0.29) is 5.91 Å². The van der Waals surface area contributed by atoms with E-state index in [1.165, 1.54) is 11.3 Å². The highest BCUT2D eigenvalue weighted by Crippen LogP contribution is 2.22. The molecule has 2 aromatic rings. The number of hydrazone groups is 1. The molecule has 0 spiro atoms. The Balaban J connectivity index is 2.03. The van der Waals surface area contributed by atoms with Crippen LogP contribution in [-0.4, -0.2) is 19.2 Å². The Morgan fingerprint density at radius 2 is 2.25 bits per heavy atom. The highest BCUT2D eigenvalue weighted by atomic mass is 127. The van der Waals surface area contributed by atoms with E-state index in [9.17, 15) is 4.79 Å². The maximum atomic E-state index is 11.9. The summed E-state index contributed by atoms with van der Waals surface area (Å²) in [5.41, 5.74) is 2.95. The summed E-state index contributed by atoms with van der Waals surface area (Å²) in [5.74, 6) is 0.367. The van der Waals surface area contributed by atoms with Crippen molar-refractivity contribution in [1.29, 1.82) is 0 Å². The van der Waals surface area contributed by atoms with Crippen molar-refractivity contribution in [1.82, 2.24) is 5.43 Å². The van der Waals surface area contributed by atoms with Gasteiger partial charge in [0.15, 0.2) is 0 Å². The molecule has 0 saturated heterocycles. The molecule has 0 aliphatic carbocycles. The fraction of sp³-hybridized carbons (Fsp3) is 0.0769. The summed E-state index contributed by atoms with van der Waals surface area (Å²) in [4.78, 5) is 12.8. The molecule has 1 N–H and O–H groups in total. The van der Waals surface area contributed by atoms with Crippen molar-refractivity contribution in [3.8, 4) is 5.75 Å². The Bertz CT molecular complexity index is 658. The highest BCUT2D eigenvalue weighted by molar-refractivity contribution is 14.1. The topological polar surface area (TPSA) is 50.7 Å². The van der Waals surface area contributed by atoms with E-state index in [1.54, 1.807) is 31.5 Å². The van der Waals surface area contributed by atoms with Gasteiger partial charge in [-0.1, -0.05) is 11.6 Å². The maximum Gasteiger partial charge on any atom is 0.271 e. The largest absolute Gasteiger partial charge is 0.496 e. The fourth-order valence-corrected chi connectivity index (χ4v) is 2.91. The minimum Gasteiger partial charge on any atom is -0.496 e. The number of hydrogen-bond acceptors (Lipinski definition) is 4. The maximum absolute atomic E-state index is 11.9. The van der Waals surface area contributed by atoms with Gasteiger partial charge in [0.05, 0.1) is 21.2 Å². The fourth-order valence-electron chi connectivity index (χ4n) is 1.42. The molecule has 0 radical (unpaired) electrons. The normalized spacial score (nSPS) is 10.8. The monoisotopic (exact) mass is 420 g/mol. The van der Waals surface area contributed by atoms with Crippen LogP contribution in [0.4, 0.5) is 0 Å². The van der Waals surface area contributed by atoms with Gasteiger partial charge in [-0.05, 0) is 52.9 Å². The van der Waals surface area contributed by atoms with Crippen LogP contribution in [0.3, 0.4) is 0 Å². The Morgan fingerprint density at radius 1 is 1.45 bits per heavy atom. The van der Waals surface area contributed by atoms with Gasteiger partial charge >= 0.3 is 0 Å². The second-order valence-electron chi connectivity index (χ2n) is 3.69. The van der Waals surface area contributed by atoms with Crippen molar-refractivity contribution in [2.24, 2.45) is 5.10 Å². The van der Waals surface area contributed by atoms with Crippen LogP contribution in [-0.2, 0) is 0 Å². The van der Waals surface area contributed by atoms with E-state index in [4.69, 9.17) is 16.3 Å². The summed E-state index contributed by atoms with van der Waals surface area (Å²) in [5, 5.41) is 3.89. The number of nitrogens with one attached hydrogen (secondary N) is 1. The molecule has 0 atom stereocenters. The zero-order chi connectivity index (χ0) is 14.5. The zero-order valence-electron chi connectivity index (χ0n) is 10.4. The molecule has 0 unspecified atom stereocenters. The van der Waals surface area contributed by atoms with Crippen molar-refractivity contribution in [3.63, 3.8) is 0 Å². The number of nitrogens with zero attached hydrogens (tertiary/aromatic N) is 1. The van der Waals surface area contributed by atoms with Crippen molar-refractivity contribution < 1.29 is 9.53 Å². The number of amides is 1. The predicted octanol–water partition coefficient (Wildman–Crippen LogP) is 3.78.